The molecule has 0 aromatic heterocycles. The van der Waals surface area contributed by atoms with Gasteiger partial charge in [-0.25, -0.2) is 14.4 Å². The smallest absolute Gasteiger partial charge is 0.550 e. The Morgan fingerprint density at radius 1 is 0.378 bits per heavy atom. The van der Waals surface area contributed by atoms with Crippen molar-refractivity contribution < 1.29 is 59.4 Å². The fourth-order valence-corrected chi connectivity index (χ4v) is 16.9. The van der Waals surface area contributed by atoms with E-state index in [0.717, 1.165) is 57.8 Å². The second-order valence-electron chi connectivity index (χ2n) is 22.2. The molecule has 6 bridgehead atoms. The van der Waals surface area contributed by atoms with Crippen LogP contribution in [-0.2, 0) is 28.8 Å². The largest absolute Gasteiger partial charge is 3.00 e. The number of carbonyl (C=O) groups is 6. The van der Waals surface area contributed by atoms with Gasteiger partial charge >= 0.3 is 35.3 Å². The van der Waals surface area contributed by atoms with E-state index in [0.29, 0.717) is 51.3 Å². The van der Waals surface area contributed by atoms with Gasteiger partial charge in [0.05, 0.1) is 0 Å². The fraction of sp³-hybridized carbons (Fsp3) is 0.364. The van der Waals surface area contributed by atoms with Crippen LogP contribution in [0.3, 0.4) is 0 Å². The average Bonchev–Trinajstić information content (AvgIpc) is 4.38. The molecule has 0 amide bonds. The summed E-state index contributed by atoms with van der Waals surface area (Å²) in [5.74, 6) is -3.30. The van der Waals surface area contributed by atoms with E-state index >= 15 is 0 Å². The molecule has 6 aliphatic carbocycles. The SMILES string of the molecule is C=C(C)C(=O)O.C=C(C)C(=O)O.C=C(C)C(=O)O.O=C([O-])C1CC2CC(Sc3ccc4ccccc4c3)C1C2.O=C([O-])C1CC2CC(Sc3ccc4ccccc4c3)C1C2.O=C([O-])C1CC2CC(Sc3ccc4ccccc4c3)C1C2.[Al+3]. The van der Waals surface area contributed by atoms with Crippen molar-refractivity contribution in [1.29, 1.82) is 0 Å². The van der Waals surface area contributed by atoms with Gasteiger partial charge in [-0.15, -0.1) is 35.3 Å². The van der Waals surface area contributed by atoms with Gasteiger partial charge in [-0.05, 0) is 183 Å². The van der Waals surface area contributed by atoms with E-state index in [4.69, 9.17) is 15.3 Å². The number of hydrogen-bond donors (Lipinski definition) is 3. The van der Waals surface area contributed by atoms with Crippen molar-refractivity contribution in [2.75, 3.05) is 0 Å². The van der Waals surface area contributed by atoms with Crippen LogP contribution in [0.5, 0.6) is 0 Å². The first-order valence-corrected chi connectivity index (χ1v) is 29.9. The molecule has 3 N–H and O–H groups in total. The third-order valence-corrected chi connectivity index (χ3v) is 20.4. The maximum Gasteiger partial charge on any atom is 3.00 e. The number of carbonyl (C=O) groups excluding carboxylic acids is 3. The molecule has 16 heteroatoms. The molecule has 0 radical (unpaired) electrons. The molecule has 12 nitrogen and oxygen atoms in total. The monoisotopic (exact) mass is 1180 g/mol. The van der Waals surface area contributed by atoms with E-state index in [1.54, 1.807) is 0 Å². The van der Waals surface area contributed by atoms with Gasteiger partial charge in [0.15, 0.2) is 0 Å². The van der Waals surface area contributed by atoms with Gasteiger partial charge in [0, 0.05) is 82.8 Å². The van der Waals surface area contributed by atoms with Crippen LogP contribution in [0.2, 0.25) is 0 Å². The first-order chi connectivity index (χ1) is 38.5. The Balaban J connectivity index is 0.000000171. The molecule has 12 rings (SSSR count). The zero-order chi connectivity index (χ0) is 58.7. The Labute approximate surface area is 503 Å². The number of carboxylic acid groups (broad SMARTS) is 6. The Kier molecular flexibility index (Phi) is 23.6. The van der Waals surface area contributed by atoms with Gasteiger partial charge in [-0.1, -0.05) is 111 Å². The Hall–Kier alpha value is -6.28. The number of fused-ring (bicyclic) bond motifs is 9. The Morgan fingerprint density at radius 3 is 0.793 bits per heavy atom. The molecule has 6 aromatic carbocycles. The van der Waals surface area contributed by atoms with Gasteiger partial charge in [-0.3, -0.25) is 0 Å². The maximum absolute atomic E-state index is 11.2. The summed E-state index contributed by atoms with van der Waals surface area (Å²) >= 11 is 5.58. The van der Waals surface area contributed by atoms with Gasteiger partial charge in [0.25, 0.3) is 0 Å². The van der Waals surface area contributed by atoms with Gasteiger partial charge < -0.3 is 45.0 Å². The second-order valence-corrected chi connectivity index (χ2v) is 26.2. The molecule has 6 fully saturated rings. The summed E-state index contributed by atoms with van der Waals surface area (Å²) in [5.41, 5.74) is 0.528. The minimum atomic E-state index is -0.935. The normalized spacial score (nSPS) is 25.4. The van der Waals surface area contributed by atoms with E-state index in [9.17, 15) is 44.1 Å². The van der Waals surface area contributed by atoms with Crippen LogP contribution in [0, 0.1) is 53.3 Å². The zero-order valence-corrected chi connectivity index (χ0v) is 50.0. The molecule has 82 heavy (non-hydrogen) atoms. The number of rotatable bonds is 12. The number of hydrogen-bond acceptors (Lipinski definition) is 12. The van der Waals surface area contributed by atoms with Crippen molar-refractivity contribution in [3.8, 4) is 0 Å². The van der Waals surface area contributed by atoms with Crippen LogP contribution in [0.1, 0.15) is 78.6 Å². The Bertz CT molecular complexity index is 2940. The molecule has 6 aliphatic rings. The van der Waals surface area contributed by atoms with Crippen molar-refractivity contribution in [2.45, 2.75) is 109 Å². The van der Waals surface area contributed by atoms with Gasteiger partial charge in [0.2, 0.25) is 0 Å². The predicted molar refractivity (Wildman–Crippen MR) is 322 cm³/mol. The van der Waals surface area contributed by atoms with Crippen LogP contribution in [0.15, 0.2) is 179 Å². The van der Waals surface area contributed by atoms with Crippen molar-refractivity contribution in [1.82, 2.24) is 0 Å². The molecular weight excluding hydrogens is 1110 g/mol. The summed E-state index contributed by atoms with van der Waals surface area (Å²) in [6, 6.07) is 44.7. The molecule has 12 atom stereocenters. The molecule has 12 unspecified atom stereocenters. The molecular formula is C66H69AlO12S3. The molecule has 0 saturated heterocycles. The van der Waals surface area contributed by atoms with Crippen LogP contribution in [-0.4, -0.2) is 84.2 Å². The molecule has 0 aliphatic heterocycles. The number of aliphatic carboxylic acids is 6. The van der Waals surface area contributed by atoms with E-state index in [1.165, 1.54) is 67.8 Å². The van der Waals surface area contributed by atoms with Crippen molar-refractivity contribution >= 4 is 121 Å². The van der Waals surface area contributed by atoms with Crippen LogP contribution < -0.4 is 15.3 Å². The summed E-state index contributed by atoms with van der Waals surface area (Å²) < 4.78 is 0. The first-order valence-electron chi connectivity index (χ1n) is 27.3. The van der Waals surface area contributed by atoms with E-state index in [2.05, 4.69) is 147 Å². The van der Waals surface area contributed by atoms with Crippen LogP contribution >= 0.6 is 35.3 Å². The first kappa shape index (κ1) is 64.9. The zero-order valence-electron chi connectivity index (χ0n) is 46.4. The fourth-order valence-electron chi connectivity index (χ4n) is 12.3. The second kappa shape index (κ2) is 29.8. The van der Waals surface area contributed by atoms with E-state index < -0.39 is 35.8 Å². The minimum Gasteiger partial charge on any atom is -0.550 e. The average molecular weight is 1180 g/mol. The van der Waals surface area contributed by atoms with Gasteiger partial charge in [0.1, 0.15) is 0 Å². The number of thioether (sulfide) groups is 3. The molecule has 6 aromatic rings. The van der Waals surface area contributed by atoms with E-state index in [1.807, 2.05) is 35.3 Å². The van der Waals surface area contributed by atoms with Crippen LogP contribution in [0.4, 0.5) is 0 Å². The summed E-state index contributed by atoms with van der Waals surface area (Å²) in [4.78, 5) is 66.3. The van der Waals surface area contributed by atoms with Gasteiger partial charge in [-0.2, -0.15) is 0 Å². The summed E-state index contributed by atoms with van der Waals surface area (Å²) in [6.45, 7) is 13.8. The Morgan fingerprint density at radius 2 is 0.598 bits per heavy atom. The summed E-state index contributed by atoms with van der Waals surface area (Å²) in [5, 5.41) is 66.2. The topological polar surface area (TPSA) is 232 Å². The van der Waals surface area contributed by atoms with Crippen LogP contribution in [0.25, 0.3) is 32.3 Å². The minimum absolute atomic E-state index is 0. The maximum atomic E-state index is 11.2. The van der Waals surface area contributed by atoms with Crippen molar-refractivity contribution in [2.24, 2.45) is 53.3 Å². The quantitative estimate of drug-likeness (QED) is 0.0764. The summed E-state index contributed by atoms with van der Waals surface area (Å²) in [7, 11) is 0. The van der Waals surface area contributed by atoms with Crippen molar-refractivity contribution in [3.05, 3.63) is 164 Å². The van der Waals surface area contributed by atoms with E-state index in [-0.39, 0.29) is 51.8 Å². The predicted octanol–water partition coefficient (Wildman–Crippen LogP) is 10.8. The third-order valence-electron chi connectivity index (χ3n) is 16.3. The third kappa shape index (κ3) is 17.4. The van der Waals surface area contributed by atoms with Crippen molar-refractivity contribution in [3.63, 3.8) is 0 Å². The molecule has 0 spiro atoms. The number of benzene rings is 6. The molecule has 426 valence electrons. The molecule has 6 saturated carbocycles. The number of carboxylic acids is 6. The standard InChI is InChI=1S/3C18H18O2S.3C4H6O2.Al/c3*19-18(20)16-8-11-7-15(16)17(9-11)21-14-6-5-12-3-1-2-4-13(12)10-14;3*1-3(2)4(5)6;/h3*1-6,10-11,15-17H,7-9H2,(H,19,20);3*1H2,2H3,(H,5,6);/q;;;;;;+3/p-3. The molecule has 0 heterocycles. The summed E-state index contributed by atoms with van der Waals surface area (Å²) in [6.07, 6.45) is 9.20.